The van der Waals surface area contributed by atoms with E-state index in [-0.39, 0.29) is 6.04 Å². The van der Waals surface area contributed by atoms with Gasteiger partial charge in [0.05, 0.1) is 14.2 Å². The van der Waals surface area contributed by atoms with Crippen molar-refractivity contribution in [1.29, 1.82) is 0 Å². The molecule has 1 saturated heterocycles. The highest BCUT2D eigenvalue weighted by Gasteiger charge is 2.22. The largest absolute Gasteiger partial charge is 0.497 e. The van der Waals surface area contributed by atoms with Crippen LogP contribution in [0.5, 0.6) is 11.5 Å². The summed E-state index contributed by atoms with van der Waals surface area (Å²) >= 11 is 2.01. The van der Waals surface area contributed by atoms with E-state index in [4.69, 9.17) is 15.2 Å². The minimum atomic E-state index is 0.241. The molecule has 1 aliphatic heterocycles. The monoisotopic (exact) mass is 282 g/mol. The number of rotatable bonds is 5. The maximum absolute atomic E-state index is 5.99. The molecule has 0 bridgehead atoms. The molecular weight excluding hydrogens is 260 g/mol. The molecule has 0 aromatic heterocycles. The molecule has 106 valence electrons. The van der Waals surface area contributed by atoms with E-state index in [1.807, 2.05) is 17.8 Å². The highest BCUT2D eigenvalue weighted by atomic mass is 32.2. The van der Waals surface area contributed by atoms with Crippen LogP contribution in [0.3, 0.4) is 0 Å². The molecule has 1 aromatic rings. The summed E-state index contributed by atoms with van der Waals surface area (Å²) in [7, 11) is 3.35. The Labute approximate surface area is 119 Å². The van der Waals surface area contributed by atoms with E-state index >= 15 is 0 Å². The van der Waals surface area contributed by atoms with E-state index in [1.165, 1.54) is 17.1 Å². The zero-order chi connectivity index (χ0) is 13.7. The smallest absolute Gasteiger partial charge is 0.122 e. The second kappa shape index (κ2) is 7.03. The van der Waals surface area contributed by atoms with Crippen molar-refractivity contribution >= 4 is 11.8 Å². The third-order valence-corrected chi connectivity index (χ3v) is 4.41. The number of hydrogen-bond acceptors (Lipinski definition) is 5. The second-order valence-electron chi connectivity index (χ2n) is 4.55. The number of benzene rings is 1. The van der Waals surface area contributed by atoms with Gasteiger partial charge in [-0.3, -0.25) is 4.90 Å². The van der Waals surface area contributed by atoms with Gasteiger partial charge in [-0.25, -0.2) is 0 Å². The highest BCUT2D eigenvalue weighted by Crippen LogP contribution is 2.30. The fourth-order valence-corrected chi connectivity index (χ4v) is 3.34. The summed E-state index contributed by atoms with van der Waals surface area (Å²) in [5, 5.41) is 0. The first-order valence-electron chi connectivity index (χ1n) is 6.53. The van der Waals surface area contributed by atoms with Crippen LogP contribution in [0.1, 0.15) is 11.6 Å². The molecule has 4 nitrogen and oxygen atoms in total. The van der Waals surface area contributed by atoms with Gasteiger partial charge in [-0.05, 0) is 17.7 Å². The van der Waals surface area contributed by atoms with Crippen molar-refractivity contribution in [2.45, 2.75) is 6.04 Å². The van der Waals surface area contributed by atoms with Crippen LogP contribution in [0.2, 0.25) is 0 Å². The van der Waals surface area contributed by atoms with Gasteiger partial charge in [0.25, 0.3) is 0 Å². The topological polar surface area (TPSA) is 47.7 Å². The molecule has 0 aliphatic carbocycles. The van der Waals surface area contributed by atoms with Crippen LogP contribution >= 0.6 is 11.8 Å². The first kappa shape index (κ1) is 14.5. The summed E-state index contributed by atoms with van der Waals surface area (Å²) in [6, 6.07) is 6.25. The SMILES string of the molecule is COc1cc(OC)cc(C(CN)N2CCSCC2)c1. The predicted molar refractivity (Wildman–Crippen MR) is 80.2 cm³/mol. The first-order chi connectivity index (χ1) is 9.28. The van der Waals surface area contributed by atoms with E-state index in [9.17, 15) is 0 Å². The molecule has 1 heterocycles. The van der Waals surface area contributed by atoms with Crippen LogP contribution in [0.4, 0.5) is 0 Å². The summed E-state index contributed by atoms with van der Waals surface area (Å²) in [5.74, 6) is 3.99. The van der Waals surface area contributed by atoms with Crippen molar-refractivity contribution < 1.29 is 9.47 Å². The average Bonchev–Trinajstić information content (AvgIpc) is 2.48. The lowest BCUT2D eigenvalue weighted by Crippen LogP contribution is -2.39. The Kier molecular flexibility index (Phi) is 5.36. The van der Waals surface area contributed by atoms with Crippen LogP contribution in [0, 0.1) is 0 Å². The predicted octanol–water partition coefficient (Wildman–Crippen LogP) is 1.75. The lowest BCUT2D eigenvalue weighted by molar-refractivity contribution is 0.222. The Morgan fingerprint density at radius 1 is 1.16 bits per heavy atom. The standard InChI is InChI=1S/C14H22N2O2S/c1-17-12-7-11(8-13(9-12)18-2)14(10-15)16-3-5-19-6-4-16/h7-9,14H,3-6,10,15H2,1-2H3. The van der Waals surface area contributed by atoms with Gasteiger partial charge in [-0.2, -0.15) is 11.8 Å². The van der Waals surface area contributed by atoms with E-state index < -0.39 is 0 Å². The quantitative estimate of drug-likeness (QED) is 0.891. The molecule has 0 saturated carbocycles. The summed E-state index contributed by atoms with van der Waals surface area (Å²) < 4.78 is 10.7. The van der Waals surface area contributed by atoms with Crippen molar-refractivity contribution in [3.8, 4) is 11.5 Å². The first-order valence-corrected chi connectivity index (χ1v) is 7.68. The van der Waals surface area contributed by atoms with Gasteiger partial charge in [0, 0.05) is 43.2 Å². The number of hydrogen-bond donors (Lipinski definition) is 1. The Morgan fingerprint density at radius 2 is 1.74 bits per heavy atom. The molecule has 1 unspecified atom stereocenters. The van der Waals surface area contributed by atoms with Gasteiger partial charge < -0.3 is 15.2 Å². The third-order valence-electron chi connectivity index (χ3n) is 3.47. The van der Waals surface area contributed by atoms with Crippen molar-refractivity contribution in [1.82, 2.24) is 4.90 Å². The number of nitrogens with two attached hydrogens (primary N) is 1. The van der Waals surface area contributed by atoms with E-state index in [1.54, 1.807) is 14.2 Å². The minimum Gasteiger partial charge on any atom is -0.497 e. The van der Waals surface area contributed by atoms with Gasteiger partial charge >= 0.3 is 0 Å². The molecule has 1 aromatic carbocycles. The van der Waals surface area contributed by atoms with Crippen molar-refractivity contribution in [3.05, 3.63) is 23.8 Å². The summed E-state index contributed by atoms with van der Waals surface area (Å²) in [5.41, 5.74) is 7.16. The Hall–Kier alpha value is -0.910. The molecule has 1 aliphatic rings. The highest BCUT2D eigenvalue weighted by molar-refractivity contribution is 7.99. The van der Waals surface area contributed by atoms with Gasteiger partial charge in [-0.15, -0.1) is 0 Å². The summed E-state index contributed by atoms with van der Waals surface area (Å²) in [4.78, 5) is 2.45. The number of nitrogens with zero attached hydrogens (tertiary/aromatic N) is 1. The molecule has 0 radical (unpaired) electrons. The normalized spacial score (nSPS) is 18.1. The molecule has 19 heavy (non-hydrogen) atoms. The number of methoxy groups -OCH3 is 2. The van der Waals surface area contributed by atoms with E-state index in [2.05, 4.69) is 17.0 Å². The molecule has 2 rings (SSSR count). The minimum absolute atomic E-state index is 0.241. The maximum atomic E-state index is 5.99. The lowest BCUT2D eigenvalue weighted by Gasteiger charge is -2.34. The summed E-state index contributed by atoms with van der Waals surface area (Å²) in [6.45, 7) is 2.79. The molecule has 0 amide bonds. The van der Waals surface area contributed by atoms with Crippen LogP contribution < -0.4 is 15.2 Å². The van der Waals surface area contributed by atoms with Crippen LogP contribution in [-0.2, 0) is 0 Å². The van der Waals surface area contributed by atoms with Gasteiger partial charge in [0.15, 0.2) is 0 Å². The van der Waals surface area contributed by atoms with E-state index in [0.717, 1.165) is 24.6 Å². The second-order valence-corrected chi connectivity index (χ2v) is 5.77. The zero-order valence-electron chi connectivity index (χ0n) is 11.6. The van der Waals surface area contributed by atoms with Crippen LogP contribution in [-0.4, -0.2) is 50.3 Å². The third kappa shape index (κ3) is 3.55. The number of thioether (sulfide) groups is 1. The van der Waals surface area contributed by atoms with Crippen molar-refractivity contribution in [2.24, 2.45) is 5.73 Å². The Morgan fingerprint density at radius 3 is 2.21 bits per heavy atom. The maximum Gasteiger partial charge on any atom is 0.122 e. The van der Waals surface area contributed by atoms with Gasteiger partial charge in [-0.1, -0.05) is 0 Å². The Bertz CT molecular complexity index is 386. The van der Waals surface area contributed by atoms with Gasteiger partial charge in [0.1, 0.15) is 11.5 Å². The molecule has 0 spiro atoms. The fourth-order valence-electron chi connectivity index (χ4n) is 2.41. The van der Waals surface area contributed by atoms with Crippen molar-refractivity contribution in [3.63, 3.8) is 0 Å². The molecule has 1 fully saturated rings. The zero-order valence-corrected chi connectivity index (χ0v) is 12.4. The van der Waals surface area contributed by atoms with Crippen molar-refractivity contribution in [2.75, 3.05) is 45.4 Å². The molecule has 2 N–H and O–H groups in total. The average molecular weight is 282 g/mol. The summed E-state index contributed by atoms with van der Waals surface area (Å²) in [6.07, 6.45) is 0. The lowest BCUT2D eigenvalue weighted by atomic mass is 10.0. The van der Waals surface area contributed by atoms with E-state index in [0.29, 0.717) is 6.54 Å². The number of ether oxygens (including phenoxy) is 2. The molecule has 1 atom stereocenters. The fraction of sp³-hybridized carbons (Fsp3) is 0.571. The Balaban J connectivity index is 2.25. The molecular formula is C14H22N2O2S. The van der Waals surface area contributed by atoms with Gasteiger partial charge in [0.2, 0.25) is 0 Å². The molecule has 5 heteroatoms. The van der Waals surface area contributed by atoms with Crippen LogP contribution in [0.25, 0.3) is 0 Å². The van der Waals surface area contributed by atoms with Crippen LogP contribution in [0.15, 0.2) is 18.2 Å².